The molecule has 1 atom stereocenters. The number of nitrogens with one attached hydrogen (secondary N) is 4. The van der Waals surface area contributed by atoms with Crippen molar-refractivity contribution in [1.29, 1.82) is 0 Å². The van der Waals surface area contributed by atoms with E-state index in [1.54, 1.807) is 36.5 Å². The summed E-state index contributed by atoms with van der Waals surface area (Å²) < 4.78 is 16.7. The highest BCUT2D eigenvalue weighted by atomic mass is 16.5. The monoisotopic (exact) mass is 654 g/mol. The van der Waals surface area contributed by atoms with Gasteiger partial charge in [-0.25, -0.2) is 9.59 Å². The predicted molar refractivity (Wildman–Crippen MR) is 187 cm³/mol. The fraction of sp³-hybridized carbons (Fsp3) is 0.333. The van der Waals surface area contributed by atoms with Gasteiger partial charge in [-0.1, -0.05) is 52.0 Å². The van der Waals surface area contributed by atoms with Crippen LogP contribution in [0.2, 0.25) is 0 Å². The lowest BCUT2D eigenvalue weighted by atomic mass is 9.86. The number of aromatic nitrogens is 1. The molecule has 1 fully saturated rings. The maximum atomic E-state index is 13.4. The Morgan fingerprint density at radius 3 is 2.33 bits per heavy atom. The van der Waals surface area contributed by atoms with Crippen LogP contribution in [0.5, 0.6) is 17.2 Å². The van der Waals surface area contributed by atoms with Crippen LogP contribution in [0.4, 0.5) is 26.7 Å². The van der Waals surface area contributed by atoms with Crippen LogP contribution in [0.3, 0.4) is 0 Å². The molecule has 0 saturated carbocycles. The standard InChI is InChI=1S/C36H42N6O6/c1-7-23-21-42(17-16-37-23)33(43)30-20-24(14-15-38-30)48-31-13-12-27(25-10-8-9-11-26(25)31)39-34(44)40-28-18-22(36(2,3)4)19-29(32(28)46-5)41-35(45)47-6/h8-15,18-20,23,37H,7,16-17,21H2,1-6H3,(H,41,45)(H2,39,40,44). The third kappa shape index (κ3) is 7.77. The molecular formula is C36H42N6O6. The van der Waals surface area contributed by atoms with E-state index in [0.717, 1.165) is 29.3 Å². The summed E-state index contributed by atoms with van der Waals surface area (Å²) >= 11 is 0. The third-order valence-electron chi connectivity index (χ3n) is 8.18. The highest BCUT2D eigenvalue weighted by Gasteiger charge is 2.25. The van der Waals surface area contributed by atoms with Gasteiger partial charge in [-0.15, -0.1) is 0 Å². The third-order valence-corrected chi connectivity index (χ3v) is 8.18. The number of benzene rings is 3. The van der Waals surface area contributed by atoms with E-state index in [1.807, 2.05) is 56.0 Å². The van der Waals surface area contributed by atoms with E-state index in [1.165, 1.54) is 14.2 Å². The SMILES string of the molecule is CCC1CN(C(=O)c2cc(Oc3ccc(NC(=O)Nc4cc(C(C)(C)C)cc(NC(=O)OC)c4OC)c4ccccc34)ccn2)CCN1. The number of ether oxygens (including phenoxy) is 3. The van der Waals surface area contributed by atoms with Crippen LogP contribution in [0.1, 0.15) is 50.2 Å². The second-order valence-corrected chi connectivity index (χ2v) is 12.5. The molecule has 3 aromatic carbocycles. The molecule has 1 unspecified atom stereocenters. The molecule has 252 valence electrons. The van der Waals surface area contributed by atoms with Crippen LogP contribution in [0.25, 0.3) is 10.8 Å². The molecule has 0 aliphatic carbocycles. The number of nitrogens with zero attached hydrogens (tertiary/aromatic N) is 2. The number of methoxy groups -OCH3 is 2. The largest absolute Gasteiger partial charge is 0.492 e. The Kier molecular flexibility index (Phi) is 10.3. The molecule has 4 N–H and O–H groups in total. The van der Waals surface area contributed by atoms with E-state index in [4.69, 9.17) is 14.2 Å². The second kappa shape index (κ2) is 14.6. The number of rotatable bonds is 8. The van der Waals surface area contributed by atoms with E-state index >= 15 is 0 Å². The lowest BCUT2D eigenvalue weighted by Crippen LogP contribution is -2.52. The number of hydrogen-bond acceptors (Lipinski definition) is 8. The summed E-state index contributed by atoms with van der Waals surface area (Å²) in [6, 6.07) is 17.8. The molecule has 5 rings (SSSR count). The summed E-state index contributed by atoms with van der Waals surface area (Å²) in [6.45, 7) is 10.2. The molecule has 0 radical (unpaired) electrons. The van der Waals surface area contributed by atoms with Gasteiger partial charge in [-0.05, 0) is 47.7 Å². The number of piperazine rings is 1. The first-order chi connectivity index (χ1) is 23.0. The van der Waals surface area contributed by atoms with Gasteiger partial charge >= 0.3 is 12.1 Å². The Hall–Kier alpha value is -5.36. The van der Waals surface area contributed by atoms with Gasteiger partial charge in [0.1, 0.15) is 17.2 Å². The number of amides is 4. The summed E-state index contributed by atoms with van der Waals surface area (Å²) in [6.07, 6.45) is 1.84. The molecule has 1 saturated heterocycles. The molecule has 48 heavy (non-hydrogen) atoms. The number of carbonyl (C=O) groups is 3. The molecule has 2 heterocycles. The summed E-state index contributed by atoms with van der Waals surface area (Å²) in [5.41, 5.74) is 2.15. The van der Waals surface area contributed by atoms with E-state index in [-0.39, 0.29) is 23.1 Å². The van der Waals surface area contributed by atoms with Crippen molar-refractivity contribution in [3.05, 3.63) is 78.1 Å². The fourth-order valence-electron chi connectivity index (χ4n) is 5.54. The Bertz CT molecular complexity index is 1820. The van der Waals surface area contributed by atoms with Gasteiger partial charge in [-0.2, -0.15) is 0 Å². The fourth-order valence-corrected chi connectivity index (χ4v) is 5.54. The van der Waals surface area contributed by atoms with E-state index in [2.05, 4.69) is 33.2 Å². The van der Waals surface area contributed by atoms with Crippen LogP contribution in [0, 0.1) is 0 Å². The van der Waals surface area contributed by atoms with Gasteiger partial charge in [0.05, 0.1) is 31.3 Å². The van der Waals surface area contributed by atoms with Crippen LogP contribution in [0.15, 0.2) is 66.9 Å². The minimum Gasteiger partial charge on any atom is -0.492 e. The predicted octanol–water partition coefficient (Wildman–Crippen LogP) is 6.98. The van der Waals surface area contributed by atoms with Crippen molar-refractivity contribution >= 4 is 45.9 Å². The average Bonchev–Trinajstić information content (AvgIpc) is 3.08. The van der Waals surface area contributed by atoms with Crippen LogP contribution < -0.4 is 30.7 Å². The van der Waals surface area contributed by atoms with Crippen LogP contribution in [-0.4, -0.2) is 67.8 Å². The molecule has 4 aromatic rings. The normalized spacial score (nSPS) is 14.6. The van der Waals surface area contributed by atoms with Crippen molar-refractivity contribution in [3.8, 4) is 17.2 Å². The highest BCUT2D eigenvalue weighted by Crippen LogP contribution is 2.39. The maximum Gasteiger partial charge on any atom is 0.411 e. The minimum atomic E-state index is -0.664. The van der Waals surface area contributed by atoms with Gasteiger partial charge < -0.3 is 35.1 Å². The Morgan fingerprint density at radius 2 is 1.65 bits per heavy atom. The summed E-state index contributed by atoms with van der Waals surface area (Å²) in [5.74, 6) is 1.16. The zero-order valence-electron chi connectivity index (χ0n) is 28.1. The summed E-state index contributed by atoms with van der Waals surface area (Å²) in [4.78, 5) is 44.9. The molecule has 1 aliphatic rings. The van der Waals surface area contributed by atoms with Crippen molar-refractivity contribution < 1.29 is 28.6 Å². The molecule has 0 bridgehead atoms. The molecule has 12 heteroatoms. The van der Waals surface area contributed by atoms with E-state index < -0.39 is 12.1 Å². The quantitative estimate of drug-likeness (QED) is 0.159. The number of carbonyl (C=O) groups excluding carboxylic acids is 3. The smallest absolute Gasteiger partial charge is 0.411 e. The molecule has 4 amide bonds. The number of hydrogen-bond donors (Lipinski definition) is 4. The minimum absolute atomic E-state index is 0.131. The molecule has 12 nitrogen and oxygen atoms in total. The first-order valence-corrected chi connectivity index (χ1v) is 15.8. The number of urea groups is 1. The Balaban J connectivity index is 1.38. The number of fused-ring (bicyclic) bond motifs is 1. The molecule has 0 spiro atoms. The summed E-state index contributed by atoms with van der Waals surface area (Å²) in [5, 5.41) is 13.4. The number of anilines is 3. The molecular weight excluding hydrogens is 612 g/mol. The first kappa shape index (κ1) is 34.0. The van der Waals surface area contributed by atoms with Gasteiger partial charge in [0.2, 0.25) is 0 Å². The van der Waals surface area contributed by atoms with Gasteiger partial charge in [-0.3, -0.25) is 15.1 Å². The van der Waals surface area contributed by atoms with E-state index in [9.17, 15) is 14.4 Å². The number of pyridine rings is 1. The van der Waals surface area contributed by atoms with Crippen molar-refractivity contribution in [1.82, 2.24) is 15.2 Å². The van der Waals surface area contributed by atoms with Gasteiger partial charge in [0, 0.05) is 48.7 Å². The lowest BCUT2D eigenvalue weighted by molar-refractivity contribution is 0.0695. The van der Waals surface area contributed by atoms with Crippen molar-refractivity contribution in [2.75, 3.05) is 49.8 Å². The van der Waals surface area contributed by atoms with Gasteiger partial charge in [0.25, 0.3) is 5.91 Å². The molecule has 1 aliphatic heterocycles. The lowest BCUT2D eigenvalue weighted by Gasteiger charge is -2.33. The van der Waals surface area contributed by atoms with Crippen molar-refractivity contribution in [3.63, 3.8) is 0 Å². The van der Waals surface area contributed by atoms with E-state index in [0.29, 0.717) is 47.3 Å². The van der Waals surface area contributed by atoms with Crippen LogP contribution in [-0.2, 0) is 10.2 Å². The van der Waals surface area contributed by atoms with Gasteiger partial charge in [0.15, 0.2) is 5.75 Å². The van der Waals surface area contributed by atoms with Crippen molar-refractivity contribution in [2.24, 2.45) is 0 Å². The zero-order valence-corrected chi connectivity index (χ0v) is 28.1. The topological polar surface area (TPSA) is 143 Å². The summed E-state index contributed by atoms with van der Waals surface area (Å²) in [7, 11) is 2.73. The zero-order chi connectivity index (χ0) is 34.4. The Morgan fingerprint density at radius 1 is 0.938 bits per heavy atom. The molecule has 1 aromatic heterocycles. The van der Waals surface area contributed by atoms with Crippen molar-refractivity contribution in [2.45, 2.75) is 45.6 Å². The second-order valence-electron chi connectivity index (χ2n) is 12.5. The first-order valence-electron chi connectivity index (χ1n) is 15.8. The van der Waals surface area contributed by atoms with Crippen LogP contribution >= 0.6 is 0 Å². The average molecular weight is 655 g/mol. The maximum absolute atomic E-state index is 13.4. The highest BCUT2D eigenvalue weighted by molar-refractivity contribution is 6.08. The Labute approximate surface area is 280 Å².